The van der Waals surface area contributed by atoms with E-state index in [1.165, 1.54) is 10.5 Å². The molecule has 0 aliphatic carbocycles. The number of thioether (sulfide) groups is 1. The van der Waals surface area contributed by atoms with Crippen molar-refractivity contribution >= 4 is 11.8 Å². The van der Waals surface area contributed by atoms with Crippen molar-refractivity contribution in [3.8, 4) is 0 Å². The molecule has 0 radical (unpaired) electrons. The van der Waals surface area contributed by atoms with E-state index < -0.39 is 0 Å². The van der Waals surface area contributed by atoms with Gasteiger partial charge in [-0.05, 0) is 25.0 Å². The molecular formula is C11H14OS. The lowest BCUT2D eigenvalue weighted by atomic mass is 10.0. The number of rotatable bonds is 2. The molecule has 1 aliphatic heterocycles. The van der Waals surface area contributed by atoms with Crippen LogP contribution in [0.3, 0.4) is 0 Å². The fraction of sp³-hybridized carbons (Fsp3) is 0.455. The monoisotopic (exact) mass is 194 g/mol. The third-order valence-corrected chi connectivity index (χ3v) is 3.72. The highest BCUT2D eigenvalue weighted by Crippen LogP contribution is 2.44. The third kappa shape index (κ3) is 1.74. The molecule has 1 atom stereocenters. The van der Waals surface area contributed by atoms with E-state index in [0.717, 1.165) is 13.0 Å². The van der Waals surface area contributed by atoms with Gasteiger partial charge in [-0.2, -0.15) is 0 Å². The summed E-state index contributed by atoms with van der Waals surface area (Å²) in [5, 5.41) is 0. The summed E-state index contributed by atoms with van der Waals surface area (Å²) in [7, 11) is 1.77. The average molecular weight is 194 g/mol. The van der Waals surface area contributed by atoms with Crippen LogP contribution in [0.2, 0.25) is 0 Å². The first-order chi connectivity index (χ1) is 6.23. The first-order valence-corrected chi connectivity index (χ1v) is 5.31. The van der Waals surface area contributed by atoms with Crippen molar-refractivity contribution in [2.24, 2.45) is 0 Å². The second kappa shape index (κ2) is 3.35. The van der Waals surface area contributed by atoms with Gasteiger partial charge in [0.2, 0.25) is 0 Å². The van der Waals surface area contributed by atoms with Gasteiger partial charge in [0, 0.05) is 16.8 Å². The van der Waals surface area contributed by atoms with Gasteiger partial charge in [-0.1, -0.05) is 18.2 Å². The van der Waals surface area contributed by atoms with Crippen molar-refractivity contribution < 1.29 is 4.74 Å². The van der Waals surface area contributed by atoms with E-state index in [1.807, 2.05) is 11.8 Å². The van der Waals surface area contributed by atoms with Crippen molar-refractivity contribution in [1.29, 1.82) is 0 Å². The second-order valence-corrected chi connectivity index (χ2v) is 5.40. The van der Waals surface area contributed by atoms with Crippen LogP contribution in [0.1, 0.15) is 12.5 Å². The Morgan fingerprint density at radius 3 is 2.92 bits per heavy atom. The Balaban J connectivity index is 2.21. The Kier molecular flexibility index (Phi) is 2.35. The van der Waals surface area contributed by atoms with Gasteiger partial charge in [-0.25, -0.2) is 0 Å². The maximum atomic E-state index is 5.24. The van der Waals surface area contributed by atoms with Crippen molar-refractivity contribution in [3.63, 3.8) is 0 Å². The normalized spacial score (nSPS) is 26.0. The highest BCUT2D eigenvalue weighted by Gasteiger charge is 2.33. The van der Waals surface area contributed by atoms with Gasteiger partial charge in [0.05, 0.1) is 6.61 Å². The first kappa shape index (κ1) is 9.10. The molecule has 70 valence electrons. The summed E-state index contributed by atoms with van der Waals surface area (Å²) in [5.41, 5.74) is 1.46. The summed E-state index contributed by atoms with van der Waals surface area (Å²) < 4.78 is 5.49. The molecule has 0 saturated heterocycles. The Hall–Kier alpha value is -0.470. The van der Waals surface area contributed by atoms with Crippen LogP contribution in [0.4, 0.5) is 0 Å². The van der Waals surface area contributed by atoms with Crippen LogP contribution < -0.4 is 0 Å². The molecule has 1 unspecified atom stereocenters. The topological polar surface area (TPSA) is 9.23 Å². The maximum absolute atomic E-state index is 5.24. The van der Waals surface area contributed by atoms with Gasteiger partial charge < -0.3 is 4.74 Å². The zero-order valence-corrected chi connectivity index (χ0v) is 8.86. The van der Waals surface area contributed by atoms with Gasteiger partial charge >= 0.3 is 0 Å². The Morgan fingerprint density at radius 1 is 1.46 bits per heavy atom. The Bertz CT molecular complexity index is 284. The quantitative estimate of drug-likeness (QED) is 0.716. The van der Waals surface area contributed by atoms with Crippen LogP contribution >= 0.6 is 11.8 Å². The van der Waals surface area contributed by atoms with Gasteiger partial charge in [0.25, 0.3) is 0 Å². The molecule has 2 heteroatoms. The summed E-state index contributed by atoms with van der Waals surface area (Å²) in [6.45, 7) is 3.09. The summed E-state index contributed by atoms with van der Waals surface area (Å²) in [4.78, 5) is 1.42. The molecule has 1 aromatic rings. The molecule has 1 aliphatic rings. The van der Waals surface area contributed by atoms with Crippen molar-refractivity contribution in [3.05, 3.63) is 29.8 Å². The van der Waals surface area contributed by atoms with E-state index in [4.69, 9.17) is 4.74 Å². The van der Waals surface area contributed by atoms with E-state index in [1.54, 1.807) is 7.11 Å². The van der Waals surface area contributed by atoms with Crippen molar-refractivity contribution in [2.45, 2.75) is 23.0 Å². The number of hydrogen-bond acceptors (Lipinski definition) is 2. The van der Waals surface area contributed by atoms with Gasteiger partial charge in [0.15, 0.2) is 0 Å². The molecule has 0 N–H and O–H groups in total. The average Bonchev–Trinajstić information content (AvgIpc) is 2.40. The molecule has 0 bridgehead atoms. The van der Waals surface area contributed by atoms with E-state index >= 15 is 0 Å². The first-order valence-electron chi connectivity index (χ1n) is 4.49. The molecule has 0 aromatic heterocycles. The van der Waals surface area contributed by atoms with Crippen molar-refractivity contribution in [2.75, 3.05) is 13.7 Å². The molecule has 0 saturated carbocycles. The highest BCUT2D eigenvalue weighted by atomic mass is 32.2. The standard InChI is InChI=1S/C11H14OS/c1-11(8-12-2)7-9-5-3-4-6-10(9)13-11/h3-6H,7-8H2,1-2H3. The van der Waals surface area contributed by atoms with Crippen LogP contribution in [-0.2, 0) is 11.2 Å². The SMILES string of the molecule is COCC1(C)Cc2ccccc2S1. The zero-order chi connectivity index (χ0) is 9.31. The minimum absolute atomic E-state index is 0.248. The minimum atomic E-state index is 0.248. The smallest absolute Gasteiger partial charge is 0.0613 e. The fourth-order valence-electron chi connectivity index (χ4n) is 1.84. The Morgan fingerprint density at radius 2 is 2.23 bits per heavy atom. The zero-order valence-electron chi connectivity index (χ0n) is 8.04. The summed E-state index contributed by atoms with van der Waals surface area (Å²) in [6.07, 6.45) is 1.13. The number of fused-ring (bicyclic) bond motifs is 1. The highest BCUT2D eigenvalue weighted by molar-refractivity contribution is 8.01. The minimum Gasteiger partial charge on any atom is -0.383 e. The molecule has 0 amide bonds. The molecule has 0 fully saturated rings. The number of benzene rings is 1. The predicted molar refractivity (Wildman–Crippen MR) is 56.3 cm³/mol. The summed E-state index contributed by atoms with van der Waals surface area (Å²) in [5.74, 6) is 0. The Labute approximate surface area is 83.5 Å². The molecule has 1 aromatic carbocycles. The van der Waals surface area contributed by atoms with Gasteiger partial charge in [-0.3, -0.25) is 0 Å². The summed E-state index contributed by atoms with van der Waals surface area (Å²) >= 11 is 1.94. The van der Waals surface area contributed by atoms with Crippen LogP contribution in [-0.4, -0.2) is 18.5 Å². The lowest BCUT2D eigenvalue weighted by Gasteiger charge is -2.20. The van der Waals surface area contributed by atoms with Gasteiger partial charge in [0.1, 0.15) is 0 Å². The van der Waals surface area contributed by atoms with E-state index in [9.17, 15) is 0 Å². The number of hydrogen-bond donors (Lipinski definition) is 0. The van der Waals surface area contributed by atoms with Crippen molar-refractivity contribution in [1.82, 2.24) is 0 Å². The fourth-order valence-corrected chi connectivity index (χ4v) is 3.19. The molecular weight excluding hydrogens is 180 g/mol. The summed E-state index contributed by atoms with van der Waals surface area (Å²) in [6, 6.07) is 8.62. The van der Waals surface area contributed by atoms with Crippen LogP contribution in [0.25, 0.3) is 0 Å². The number of methoxy groups -OCH3 is 1. The molecule has 1 nitrogen and oxygen atoms in total. The van der Waals surface area contributed by atoms with Crippen LogP contribution in [0.5, 0.6) is 0 Å². The molecule has 1 heterocycles. The second-order valence-electron chi connectivity index (χ2n) is 3.77. The van der Waals surface area contributed by atoms with E-state index in [0.29, 0.717) is 0 Å². The number of ether oxygens (including phenoxy) is 1. The lowest BCUT2D eigenvalue weighted by molar-refractivity contribution is 0.174. The molecule has 2 rings (SSSR count). The molecule has 0 spiro atoms. The largest absolute Gasteiger partial charge is 0.383 e. The van der Waals surface area contributed by atoms with E-state index in [2.05, 4.69) is 31.2 Å². The van der Waals surface area contributed by atoms with Gasteiger partial charge in [-0.15, -0.1) is 11.8 Å². The predicted octanol–water partition coefficient (Wildman–Crippen LogP) is 2.74. The van der Waals surface area contributed by atoms with E-state index in [-0.39, 0.29) is 4.75 Å². The maximum Gasteiger partial charge on any atom is 0.0613 e. The third-order valence-electron chi connectivity index (χ3n) is 2.34. The van der Waals surface area contributed by atoms with Crippen LogP contribution in [0.15, 0.2) is 29.2 Å². The lowest BCUT2D eigenvalue weighted by Crippen LogP contribution is -2.25. The van der Waals surface area contributed by atoms with Crippen LogP contribution in [0, 0.1) is 0 Å². The molecule has 13 heavy (non-hydrogen) atoms.